The molecule has 184 valence electrons. The minimum atomic E-state index is -3.22. The normalized spacial score (nSPS) is 20.3. The zero-order chi connectivity index (χ0) is 23.7. The van der Waals surface area contributed by atoms with Crippen LogP contribution in [0.5, 0.6) is 5.75 Å². The first-order valence-electron chi connectivity index (χ1n) is 12.1. The van der Waals surface area contributed by atoms with Gasteiger partial charge in [-0.2, -0.15) is 0 Å². The topological polar surface area (TPSA) is 81.1 Å². The number of pyridine rings is 1. The van der Waals surface area contributed by atoms with E-state index in [1.807, 2.05) is 6.07 Å². The zero-order valence-corrected chi connectivity index (χ0v) is 20.5. The summed E-state index contributed by atoms with van der Waals surface area (Å²) in [6.45, 7) is 5.04. The molecule has 1 aromatic heterocycles. The van der Waals surface area contributed by atoms with Crippen LogP contribution in [0, 0.1) is 11.8 Å². The van der Waals surface area contributed by atoms with Gasteiger partial charge in [-0.05, 0) is 42.0 Å². The highest BCUT2D eigenvalue weighted by Gasteiger charge is 2.33. The molecule has 0 unspecified atom stereocenters. The highest BCUT2D eigenvalue weighted by molar-refractivity contribution is 7.89. The maximum Gasteiger partial charge on any atom is 0.292 e. The summed E-state index contributed by atoms with van der Waals surface area (Å²) in [5.74, 6) is 0.910. The van der Waals surface area contributed by atoms with Crippen LogP contribution in [0.3, 0.4) is 0 Å². The monoisotopic (exact) mass is 487 g/mol. The summed E-state index contributed by atoms with van der Waals surface area (Å²) in [7, 11) is -1.43. The van der Waals surface area contributed by atoms with Crippen molar-refractivity contribution in [2.75, 3.05) is 38.7 Å². The number of benzene rings is 1. The molecule has 3 aliphatic rings. The molecular weight excluding hydrogens is 454 g/mol. The molecule has 0 aliphatic carbocycles. The van der Waals surface area contributed by atoms with Gasteiger partial charge < -0.3 is 14.0 Å². The van der Waals surface area contributed by atoms with E-state index in [4.69, 9.17) is 9.47 Å². The van der Waals surface area contributed by atoms with Crippen LogP contribution >= 0.6 is 0 Å². The van der Waals surface area contributed by atoms with Gasteiger partial charge in [0.25, 0.3) is 5.56 Å². The van der Waals surface area contributed by atoms with Crippen LogP contribution in [-0.2, 0) is 41.4 Å². The predicted octanol–water partition coefficient (Wildman–Crippen LogP) is 1.97. The molecule has 8 nitrogen and oxygen atoms in total. The maximum absolute atomic E-state index is 12.9. The Morgan fingerprint density at radius 3 is 2.29 bits per heavy atom. The van der Waals surface area contributed by atoms with Crippen LogP contribution in [0.15, 0.2) is 41.2 Å². The lowest BCUT2D eigenvalue weighted by atomic mass is 9.99. The Balaban J connectivity index is 1.12. The molecule has 34 heavy (non-hydrogen) atoms. The summed E-state index contributed by atoms with van der Waals surface area (Å²) in [4.78, 5) is 15.2. The molecule has 2 saturated heterocycles. The Labute approximate surface area is 201 Å². The SMILES string of the molecule is Cn1c(CN2Cc3ccccc3C2)ccc(OCC2CCN(S(=O)(=O)CC3COC3)CC2)c1=O. The molecule has 0 amide bonds. The summed E-state index contributed by atoms with van der Waals surface area (Å²) in [5, 5.41) is 0. The van der Waals surface area contributed by atoms with Crippen molar-refractivity contribution in [3.63, 3.8) is 0 Å². The second-order valence-corrected chi connectivity index (χ2v) is 11.8. The van der Waals surface area contributed by atoms with Crippen LogP contribution in [0.25, 0.3) is 0 Å². The van der Waals surface area contributed by atoms with E-state index in [-0.39, 0.29) is 23.1 Å². The Bertz CT molecular complexity index is 1160. The molecule has 4 heterocycles. The van der Waals surface area contributed by atoms with Crippen LogP contribution in [0.4, 0.5) is 0 Å². The van der Waals surface area contributed by atoms with Crippen LogP contribution in [-0.4, -0.2) is 60.9 Å². The second kappa shape index (κ2) is 9.81. The van der Waals surface area contributed by atoms with Crippen molar-refractivity contribution < 1.29 is 17.9 Å². The Morgan fingerprint density at radius 1 is 1.00 bits per heavy atom. The first-order valence-corrected chi connectivity index (χ1v) is 13.7. The smallest absolute Gasteiger partial charge is 0.292 e. The molecule has 0 spiro atoms. The van der Waals surface area contributed by atoms with E-state index in [0.29, 0.717) is 45.2 Å². The van der Waals surface area contributed by atoms with E-state index < -0.39 is 10.0 Å². The quantitative estimate of drug-likeness (QED) is 0.566. The van der Waals surface area contributed by atoms with Crippen molar-refractivity contribution in [1.82, 2.24) is 13.8 Å². The van der Waals surface area contributed by atoms with Crippen molar-refractivity contribution in [3.05, 3.63) is 63.6 Å². The summed E-state index contributed by atoms with van der Waals surface area (Å²) in [6.07, 6.45) is 1.49. The molecular formula is C25H33N3O5S. The number of piperidine rings is 1. The standard InChI is InChI=1S/C25H33N3O5S/c1-26-23(14-27-12-21-4-2-3-5-22(21)13-27)6-7-24(25(26)29)33-17-19-8-10-28(11-9-19)34(30,31)18-20-15-32-16-20/h2-7,19-20H,8-18H2,1H3. The third kappa shape index (κ3) is 5.07. The Morgan fingerprint density at radius 2 is 1.68 bits per heavy atom. The number of rotatable bonds is 8. The molecule has 0 bridgehead atoms. The van der Waals surface area contributed by atoms with Gasteiger partial charge in [-0.3, -0.25) is 9.69 Å². The van der Waals surface area contributed by atoms with Gasteiger partial charge in [0, 0.05) is 51.4 Å². The van der Waals surface area contributed by atoms with Gasteiger partial charge in [-0.15, -0.1) is 0 Å². The van der Waals surface area contributed by atoms with Crippen molar-refractivity contribution in [2.45, 2.75) is 32.5 Å². The molecule has 2 fully saturated rings. The van der Waals surface area contributed by atoms with Gasteiger partial charge in [0.05, 0.1) is 25.6 Å². The van der Waals surface area contributed by atoms with Crippen LogP contribution < -0.4 is 10.3 Å². The number of hydrogen-bond acceptors (Lipinski definition) is 6. The number of nitrogens with zero attached hydrogens (tertiary/aromatic N) is 3. The van der Waals surface area contributed by atoms with Gasteiger partial charge in [0.15, 0.2) is 5.75 Å². The molecule has 3 aliphatic heterocycles. The molecule has 0 N–H and O–H groups in total. The van der Waals surface area contributed by atoms with Gasteiger partial charge in [0.2, 0.25) is 10.0 Å². The van der Waals surface area contributed by atoms with Gasteiger partial charge in [-0.25, -0.2) is 12.7 Å². The number of fused-ring (bicyclic) bond motifs is 1. The fourth-order valence-corrected chi connectivity index (χ4v) is 6.78. The largest absolute Gasteiger partial charge is 0.488 e. The van der Waals surface area contributed by atoms with E-state index in [1.54, 1.807) is 22.0 Å². The number of aromatic nitrogens is 1. The van der Waals surface area contributed by atoms with Crippen molar-refractivity contribution in [3.8, 4) is 5.75 Å². The molecule has 5 rings (SSSR count). The minimum Gasteiger partial charge on any atom is -0.488 e. The predicted molar refractivity (Wildman–Crippen MR) is 129 cm³/mol. The highest BCUT2D eigenvalue weighted by atomic mass is 32.2. The van der Waals surface area contributed by atoms with Crippen molar-refractivity contribution in [2.24, 2.45) is 18.9 Å². The zero-order valence-electron chi connectivity index (χ0n) is 19.7. The van der Waals surface area contributed by atoms with Gasteiger partial charge in [0.1, 0.15) is 0 Å². The summed E-state index contributed by atoms with van der Waals surface area (Å²) in [5.41, 5.74) is 3.53. The van der Waals surface area contributed by atoms with E-state index in [9.17, 15) is 13.2 Å². The summed E-state index contributed by atoms with van der Waals surface area (Å²) in [6, 6.07) is 12.2. The average molecular weight is 488 g/mol. The molecule has 0 atom stereocenters. The third-order valence-electron chi connectivity index (χ3n) is 7.26. The average Bonchev–Trinajstić information content (AvgIpc) is 3.22. The Kier molecular flexibility index (Phi) is 6.79. The Hall–Kier alpha value is -2.20. The van der Waals surface area contributed by atoms with Crippen LogP contribution in [0.2, 0.25) is 0 Å². The molecule has 2 aromatic rings. The first-order chi connectivity index (χ1) is 16.4. The third-order valence-corrected chi connectivity index (χ3v) is 9.30. The fraction of sp³-hybridized carbons (Fsp3) is 0.560. The number of hydrogen-bond donors (Lipinski definition) is 0. The lowest BCUT2D eigenvalue weighted by molar-refractivity contribution is -0.0209. The summed E-state index contributed by atoms with van der Waals surface area (Å²) < 4.78 is 39.4. The molecule has 9 heteroatoms. The summed E-state index contributed by atoms with van der Waals surface area (Å²) >= 11 is 0. The molecule has 0 saturated carbocycles. The molecule has 1 aromatic carbocycles. The van der Waals surface area contributed by atoms with Crippen molar-refractivity contribution >= 4 is 10.0 Å². The lowest BCUT2D eigenvalue weighted by Gasteiger charge is -2.33. The van der Waals surface area contributed by atoms with E-state index in [0.717, 1.165) is 31.6 Å². The van der Waals surface area contributed by atoms with E-state index in [2.05, 4.69) is 29.2 Å². The number of ether oxygens (including phenoxy) is 2. The van der Waals surface area contributed by atoms with Crippen LogP contribution in [0.1, 0.15) is 29.7 Å². The minimum absolute atomic E-state index is 0.128. The van der Waals surface area contributed by atoms with E-state index in [1.165, 1.54) is 11.1 Å². The van der Waals surface area contributed by atoms with E-state index >= 15 is 0 Å². The fourth-order valence-electron chi connectivity index (χ4n) is 5.01. The molecule has 0 radical (unpaired) electrons. The van der Waals surface area contributed by atoms with Gasteiger partial charge >= 0.3 is 0 Å². The highest BCUT2D eigenvalue weighted by Crippen LogP contribution is 2.25. The second-order valence-electron chi connectivity index (χ2n) is 9.80. The van der Waals surface area contributed by atoms with Gasteiger partial charge in [-0.1, -0.05) is 24.3 Å². The maximum atomic E-state index is 12.9. The number of sulfonamides is 1. The van der Waals surface area contributed by atoms with Crippen molar-refractivity contribution in [1.29, 1.82) is 0 Å². The lowest BCUT2D eigenvalue weighted by Crippen LogP contribution is -2.44. The first kappa shape index (κ1) is 23.5.